The Hall–Kier alpha value is -2.17. The molecular formula is C13H13N3O2. The minimum Gasteiger partial charge on any atom is -0.478 e. The third kappa shape index (κ3) is 1.59. The Bertz CT molecular complexity index is 631. The molecule has 2 aromatic heterocycles. The van der Waals surface area contributed by atoms with Gasteiger partial charge in [0, 0.05) is 24.5 Å². The van der Waals surface area contributed by atoms with E-state index in [1.165, 1.54) is 0 Å². The lowest BCUT2D eigenvalue weighted by molar-refractivity contribution is 0.0696. The average Bonchev–Trinajstić information content (AvgIpc) is 2.87. The van der Waals surface area contributed by atoms with E-state index in [0.29, 0.717) is 11.3 Å². The van der Waals surface area contributed by atoms with Crippen LogP contribution in [0.1, 0.15) is 28.0 Å². The summed E-state index contributed by atoms with van der Waals surface area (Å²) in [4.78, 5) is 15.5. The zero-order valence-electron chi connectivity index (χ0n) is 10.1. The second kappa shape index (κ2) is 3.94. The van der Waals surface area contributed by atoms with E-state index in [0.717, 1.165) is 36.2 Å². The van der Waals surface area contributed by atoms with Crippen molar-refractivity contribution >= 4 is 5.97 Å². The number of pyridine rings is 1. The second-order valence-electron chi connectivity index (χ2n) is 4.55. The number of aromatic nitrogens is 3. The van der Waals surface area contributed by atoms with Gasteiger partial charge in [-0.25, -0.2) is 4.79 Å². The topological polar surface area (TPSA) is 68.0 Å². The molecule has 2 aromatic rings. The number of carbonyl (C=O) groups is 1. The summed E-state index contributed by atoms with van der Waals surface area (Å²) < 4.78 is 1.81. The predicted molar refractivity (Wildman–Crippen MR) is 65.5 cm³/mol. The normalized spacial score (nSPS) is 13.6. The van der Waals surface area contributed by atoms with Crippen molar-refractivity contribution in [2.75, 3.05) is 0 Å². The Balaban J connectivity index is 2.21. The molecule has 3 heterocycles. The molecule has 0 unspecified atom stereocenters. The number of carboxylic acid groups (broad SMARTS) is 1. The Morgan fingerprint density at radius 2 is 2.28 bits per heavy atom. The van der Waals surface area contributed by atoms with E-state index in [4.69, 9.17) is 0 Å². The SMILES string of the molecule is Cc1cncc(-c2nn3c(c2C(=O)O)CCC3)c1. The van der Waals surface area contributed by atoms with Crippen LogP contribution in [-0.2, 0) is 13.0 Å². The van der Waals surface area contributed by atoms with Crippen LogP contribution in [0.2, 0.25) is 0 Å². The van der Waals surface area contributed by atoms with Gasteiger partial charge in [-0.05, 0) is 31.4 Å². The quantitative estimate of drug-likeness (QED) is 0.874. The van der Waals surface area contributed by atoms with Crippen molar-refractivity contribution in [2.24, 2.45) is 0 Å². The van der Waals surface area contributed by atoms with Crippen LogP contribution in [-0.4, -0.2) is 25.8 Å². The summed E-state index contributed by atoms with van der Waals surface area (Å²) in [6.07, 6.45) is 5.16. The van der Waals surface area contributed by atoms with Crippen LogP contribution < -0.4 is 0 Å². The molecule has 1 N–H and O–H groups in total. The molecule has 5 heteroatoms. The van der Waals surface area contributed by atoms with E-state index < -0.39 is 5.97 Å². The highest BCUT2D eigenvalue weighted by Gasteiger charge is 2.26. The monoisotopic (exact) mass is 243 g/mol. The third-order valence-electron chi connectivity index (χ3n) is 3.20. The van der Waals surface area contributed by atoms with Crippen molar-refractivity contribution in [3.8, 4) is 11.3 Å². The Morgan fingerprint density at radius 1 is 1.44 bits per heavy atom. The van der Waals surface area contributed by atoms with E-state index >= 15 is 0 Å². The Morgan fingerprint density at radius 3 is 3.00 bits per heavy atom. The molecule has 1 aliphatic rings. The maximum atomic E-state index is 11.4. The largest absolute Gasteiger partial charge is 0.478 e. The third-order valence-corrected chi connectivity index (χ3v) is 3.20. The van der Waals surface area contributed by atoms with Gasteiger partial charge in [-0.2, -0.15) is 5.10 Å². The number of aryl methyl sites for hydroxylation is 2. The van der Waals surface area contributed by atoms with Crippen LogP contribution in [0.5, 0.6) is 0 Å². The Labute approximate surface area is 104 Å². The minimum absolute atomic E-state index is 0.333. The summed E-state index contributed by atoms with van der Waals surface area (Å²) in [7, 11) is 0. The zero-order valence-corrected chi connectivity index (χ0v) is 10.1. The van der Waals surface area contributed by atoms with Crippen LogP contribution in [0.15, 0.2) is 18.5 Å². The highest BCUT2D eigenvalue weighted by Crippen LogP contribution is 2.29. The van der Waals surface area contributed by atoms with Crippen LogP contribution in [0.3, 0.4) is 0 Å². The van der Waals surface area contributed by atoms with Crippen LogP contribution >= 0.6 is 0 Å². The van der Waals surface area contributed by atoms with Crippen molar-refractivity contribution < 1.29 is 9.90 Å². The molecule has 0 fully saturated rings. The molecule has 0 amide bonds. The van der Waals surface area contributed by atoms with E-state index in [2.05, 4.69) is 10.1 Å². The maximum Gasteiger partial charge on any atom is 0.339 e. The molecule has 0 aromatic carbocycles. The van der Waals surface area contributed by atoms with Crippen LogP contribution in [0.25, 0.3) is 11.3 Å². The number of rotatable bonds is 2. The number of aromatic carboxylic acids is 1. The van der Waals surface area contributed by atoms with Gasteiger partial charge in [-0.3, -0.25) is 9.67 Å². The number of carboxylic acids is 1. The van der Waals surface area contributed by atoms with Gasteiger partial charge < -0.3 is 5.11 Å². The summed E-state index contributed by atoms with van der Waals surface area (Å²) in [5.74, 6) is -0.908. The summed E-state index contributed by atoms with van der Waals surface area (Å²) >= 11 is 0. The number of fused-ring (bicyclic) bond motifs is 1. The first-order valence-electron chi connectivity index (χ1n) is 5.92. The molecule has 5 nitrogen and oxygen atoms in total. The summed E-state index contributed by atoms with van der Waals surface area (Å²) in [6, 6.07) is 1.91. The fraction of sp³-hybridized carbons (Fsp3) is 0.308. The first-order valence-corrected chi connectivity index (χ1v) is 5.92. The van der Waals surface area contributed by atoms with Gasteiger partial charge in [-0.15, -0.1) is 0 Å². The van der Waals surface area contributed by atoms with Crippen molar-refractivity contribution in [3.63, 3.8) is 0 Å². The minimum atomic E-state index is -0.908. The molecule has 18 heavy (non-hydrogen) atoms. The van der Waals surface area contributed by atoms with Gasteiger partial charge in [0.1, 0.15) is 11.3 Å². The summed E-state index contributed by atoms with van der Waals surface area (Å²) in [5.41, 5.74) is 3.47. The molecular weight excluding hydrogens is 230 g/mol. The molecule has 0 atom stereocenters. The predicted octanol–water partition coefficient (Wildman–Crippen LogP) is 1.90. The highest BCUT2D eigenvalue weighted by molar-refractivity contribution is 5.96. The van der Waals surface area contributed by atoms with Gasteiger partial charge in [0.15, 0.2) is 0 Å². The standard InChI is InChI=1S/C13H13N3O2/c1-8-5-9(7-14-6-8)12-11(13(17)18)10-3-2-4-16(10)15-12/h5-7H,2-4H2,1H3,(H,17,18). The van der Waals surface area contributed by atoms with Crippen molar-refractivity contribution in [3.05, 3.63) is 35.3 Å². The zero-order chi connectivity index (χ0) is 12.7. The molecule has 92 valence electrons. The second-order valence-corrected chi connectivity index (χ2v) is 4.55. The molecule has 0 saturated carbocycles. The highest BCUT2D eigenvalue weighted by atomic mass is 16.4. The molecule has 0 radical (unpaired) electrons. The molecule has 0 bridgehead atoms. The number of nitrogens with zero attached hydrogens (tertiary/aromatic N) is 3. The van der Waals surface area contributed by atoms with E-state index in [1.807, 2.05) is 13.0 Å². The lowest BCUT2D eigenvalue weighted by Crippen LogP contribution is -2.01. The fourth-order valence-electron chi connectivity index (χ4n) is 2.44. The first-order chi connectivity index (χ1) is 8.66. The van der Waals surface area contributed by atoms with Crippen molar-refractivity contribution in [1.82, 2.24) is 14.8 Å². The van der Waals surface area contributed by atoms with Crippen LogP contribution in [0, 0.1) is 6.92 Å². The molecule has 0 spiro atoms. The fourth-order valence-corrected chi connectivity index (χ4v) is 2.44. The molecule has 0 saturated heterocycles. The van der Waals surface area contributed by atoms with E-state index in [-0.39, 0.29) is 0 Å². The molecule has 3 rings (SSSR count). The molecule has 1 aliphatic heterocycles. The van der Waals surface area contributed by atoms with Gasteiger partial charge >= 0.3 is 5.97 Å². The van der Waals surface area contributed by atoms with Gasteiger partial charge in [0.05, 0.1) is 5.69 Å². The van der Waals surface area contributed by atoms with Crippen molar-refractivity contribution in [2.45, 2.75) is 26.3 Å². The van der Waals surface area contributed by atoms with Gasteiger partial charge in [0.25, 0.3) is 0 Å². The van der Waals surface area contributed by atoms with Gasteiger partial charge in [0.2, 0.25) is 0 Å². The lowest BCUT2D eigenvalue weighted by Gasteiger charge is -2.01. The van der Waals surface area contributed by atoms with E-state index in [1.54, 1.807) is 17.1 Å². The molecule has 0 aliphatic carbocycles. The lowest BCUT2D eigenvalue weighted by atomic mass is 10.1. The van der Waals surface area contributed by atoms with Gasteiger partial charge in [-0.1, -0.05) is 0 Å². The smallest absolute Gasteiger partial charge is 0.339 e. The summed E-state index contributed by atoms with van der Waals surface area (Å²) in [5, 5.41) is 13.8. The maximum absolute atomic E-state index is 11.4. The van der Waals surface area contributed by atoms with E-state index in [9.17, 15) is 9.90 Å². The number of hydrogen-bond donors (Lipinski definition) is 1. The van der Waals surface area contributed by atoms with Crippen LogP contribution in [0.4, 0.5) is 0 Å². The summed E-state index contributed by atoms with van der Waals surface area (Å²) in [6.45, 7) is 2.73. The average molecular weight is 243 g/mol. The first kappa shape index (κ1) is 11.0. The Kier molecular flexibility index (Phi) is 2.40. The van der Waals surface area contributed by atoms with Crippen molar-refractivity contribution in [1.29, 1.82) is 0 Å². The number of hydrogen-bond acceptors (Lipinski definition) is 3.